The lowest BCUT2D eigenvalue weighted by atomic mass is 9.74. The van der Waals surface area contributed by atoms with Crippen molar-refractivity contribution >= 4 is 11.9 Å². The van der Waals surface area contributed by atoms with E-state index in [1.54, 1.807) is 0 Å². The molecule has 3 saturated heterocycles. The van der Waals surface area contributed by atoms with Crippen molar-refractivity contribution in [3.8, 4) is 0 Å². The molecular weight excluding hydrogens is 296 g/mol. The number of hydrogen-bond donors (Lipinski definition) is 2. The Bertz CT molecular complexity index is 455. The minimum atomic E-state index is -0.0966. The van der Waals surface area contributed by atoms with E-state index in [0.717, 1.165) is 32.4 Å². The van der Waals surface area contributed by atoms with E-state index >= 15 is 0 Å². The van der Waals surface area contributed by atoms with Crippen molar-refractivity contribution in [3.05, 3.63) is 0 Å². The third kappa shape index (κ3) is 2.87. The first-order valence-corrected chi connectivity index (χ1v) is 8.97. The van der Waals surface area contributed by atoms with E-state index in [2.05, 4.69) is 17.6 Å². The molecule has 0 radical (unpaired) electrons. The summed E-state index contributed by atoms with van der Waals surface area (Å²) in [5, 5.41) is 6.57. The van der Waals surface area contributed by atoms with Gasteiger partial charge < -0.3 is 20.1 Å². The normalized spacial score (nSPS) is 44.8. The second kappa shape index (κ2) is 6.06. The van der Waals surface area contributed by atoms with Gasteiger partial charge in [-0.2, -0.15) is 0 Å². The Balaban J connectivity index is 1.23. The van der Waals surface area contributed by atoms with E-state index in [-0.39, 0.29) is 36.0 Å². The number of fused-ring (bicyclic) bond motifs is 1. The monoisotopic (exact) mass is 322 g/mol. The Labute approximate surface area is 136 Å². The first kappa shape index (κ1) is 15.4. The maximum Gasteiger partial charge on any atom is 0.311 e. The second-order valence-corrected chi connectivity index (χ2v) is 7.71. The summed E-state index contributed by atoms with van der Waals surface area (Å²) in [5.41, 5.74) is 0. The van der Waals surface area contributed by atoms with Crippen LogP contribution in [0, 0.1) is 23.7 Å². The largest absolute Gasteiger partial charge is 0.462 e. The predicted octanol–water partition coefficient (Wildman–Crippen LogP) is 0.457. The molecule has 2 N–H and O–H groups in total. The number of rotatable bonds is 4. The van der Waals surface area contributed by atoms with E-state index < -0.39 is 0 Å². The summed E-state index contributed by atoms with van der Waals surface area (Å²) in [7, 11) is 0. The van der Waals surface area contributed by atoms with Crippen LogP contribution >= 0.6 is 0 Å². The predicted molar refractivity (Wildman–Crippen MR) is 82.5 cm³/mol. The van der Waals surface area contributed by atoms with Crippen LogP contribution in [0.2, 0.25) is 0 Å². The molecule has 2 aliphatic carbocycles. The lowest BCUT2D eigenvalue weighted by Crippen LogP contribution is -2.44. The fraction of sp³-hybridized carbons (Fsp3) is 0.882. The summed E-state index contributed by atoms with van der Waals surface area (Å²) in [6.45, 7) is 4.61. The Kier molecular flexibility index (Phi) is 4.05. The van der Waals surface area contributed by atoms with Gasteiger partial charge in [0.25, 0.3) is 0 Å². The van der Waals surface area contributed by atoms with Crippen molar-refractivity contribution in [2.24, 2.45) is 23.7 Å². The molecule has 5 fully saturated rings. The summed E-state index contributed by atoms with van der Waals surface area (Å²) >= 11 is 0. The van der Waals surface area contributed by atoms with E-state index in [1.807, 2.05) is 0 Å². The molecule has 2 unspecified atom stereocenters. The molecule has 6 nitrogen and oxygen atoms in total. The van der Waals surface area contributed by atoms with Gasteiger partial charge in [0.15, 0.2) is 0 Å². The number of carbonyl (C=O) groups is 2. The third-order valence-corrected chi connectivity index (χ3v) is 6.13. The Hall–Kier alpha value is -1.14. The van der Waals surface area contributed by atoms with Crippen LogP contribution in [0.1, 0.15) is 32.6 Å². The van der Waals surface area contributed by atoms with Gasteiger partial charge in [0.1, 0.15) is 12.2 Å². The number of hydrogen-bond acceptors (Lipinski definition) is 6. The molecule has 0 aromatic rings. The maximum atomic E-state index is 12.2. The third-order valence-electron chi connectivity index (χ3n) is 6.13. The number of carbonyl (C=O) groups excluding carboxylic acids is 2. The van der Waals surface area contributed by atoms with Gasteiger partial charge in [0.2, 0.25) is 0 Å². The highest BCUT2D eigenvalue weighted by Gasteiger charge is 2.52. The lowest BCUT2D eigenvalue weighted by molar-refractivity contribution is -0.160. The van der Waals surface area contributed by atoms with Crippen molar-refractivity contribution in [3.63, 3.8) is 0 Å². The SMILES string of the molecule is C[C@@H]1CNC[C@H]1C(=O)OC1CCC(OC(=O)[C@H]2[C@H]3CN[C@@H]2C3)C1. The number of ether oxygens (including phenoxy) is 2. The number of nitrogens with one attached hydrogen (secondary N) is 2. The Morgan fingerprint density at radius 1 is 0.957 bits per heavy atom. The zero-order valence-electron chi connectivity index (χ0n) is 13.6. The topological polar surface area (TPSA) is 76.7 Å². The van der Waals surface area contributed by atoms with Gasteiger partial charge >= 0.3 is 11.9 Å². The van der Waals surface area contributed by atoms with Crippen molar-refractivity contribution in [2.75, 3.05) is 19.6 Å². The maximum absolute atomic E-state index is 12.2. The zero-order valence-corrected chi connectivity index (χ0v) is 13.6. The van der Waals surface area contributed by atoms with Crippen LogP contribution in [-0.4, -0.2) is 49.8 Å². The first-order chi connectivity index (χ1) is 11.1. The molecule has 23 heavy (non-hydrogen) atoms. The second-order valence-electron chi connectivity index (χ2n) is 7.71. The molecule has 2 saturated carbocycles. The van der Waals surface area contributed by atoms with Crippen LogP contribution in [0.5, 0.6) is 0 Å². The average molecular weight is 322 g/mol. The smallest absolute Gasteiger partial charge is 0.311 e. The summed E-state index contributed by atoms with van der Waals surface area (Å²) in [6, 6.07) is 0.332. The molecule has 3 heterocycles. The van der Waals surface area contributed by atoms with Crippen LogP contribution in [0.25, 0.3) is 0 Å². The van der Waals surface area contributed by atoms with Crippen molar-refractivity contribution < 1.29 is 19.1 Å². The lowest BCUT2D eigenvalue weighted by Gasteiger charge is -2.33. The molecular formula is C17H26N2O4. The summed E-state index contributed by atoms with van der Waals surface area (Å²) in [4.78, 5) is 24.5. The van der Waals surface area contributed by atoms with E-state index in [1.165, 1.54) is 0 Å². The minimum Gasteiger partial charge on any atom is -0.462 e. The highest BCUT2D eigenvalue weighted by atomic mass is 16.6. The molecule has 0 amide bonds. The molecule has 0 aromatic carbocycles. The molecule has 6 heteroatoms. The van der Waals surface area contributed by atoms with E-state index in [0.29, 0.717) is 30.8 Å². The van der Waals surface area contributed by atoms with Crippen LogP contribution in [0.3, 0.4) is 0 Å². The van der Waals surface area contributed by atoms with E-state index in [4.69, 9.17) is 9.47 Å². The van der Waals surface area contributed by atoms with Crippen LogP contribution in [0.15, 0.2) is 0 Å². The van der Waals surface area contributed by atoms with Gasteiger partial charge in [-0.1, -0.05) is 6.92 Å². The molecule has 2 bridgehead atoms. The minimum absolute atomic E-state index is 0.0340. The molecule has 0 spiro atoms. The molecule has 7 atom stereocenters. The van der Waals surface area contributed by atoms with E-state index in [9.17, 15) is 9.59 Å². The summed E-state index contributed by atoms with van der Waals surface area (Å²) in [5.74, 6) is 0.677. The number of esters is 2. The molecule has 5 rings (SSSR count). The summed E-state index contributed by atoms with van der Waals surface area (Å²) in [6.07, 6.45) is 3.19. The fourth-order valence-corrected chi connectivity index (χ4v) is 4.57. The highest BCUT2D eigenvalue weighted by molar-refractivity contribution is 5.76. The molecule has 5 aliphatic rings. The average Bonchev–Trinajstić information content (AvgIpc) is 3.21. The van der Waals surface area contributed by atoms with Gasteiger partial charge in [-0.3, -0.25) is 9.59 Å². The molecule has 0 aromatic heterocycles. The van der Waals surface area contributed by atoms with Gasteiger partial charge in [0.05, 0.1) is 11.8 Å². The van der Waals surface area contributed by atoms with Crippen molar-refractivity contribution in [1.82, 2.24) is 10.6 Å². The van der Waals surface area contributed by atoms with Crippen LogP contribution < -0.4 is 10.6 Å². The van der Waals surface area contributed by atoms with Crippen LogP contribution in [0.4, 0.5) is 0 Å². The van der Waals surface area contributed by atoms with Crippen LogP contribution in [-0.2, 0) is 19.1 Å². The Morgan fingerprint density at radius 3 is 2.26 bits per heavy atom. The molecule has 3 aliphatic heterocycles. The quantitative estimate of drug-likeness (QED) is 0.732. The molecule has 128 valence electrons. The first-order valence-electron chi connectivity index (χ1n) is 8.97. The van der Waals surface area contributed by atoms with Gasteiger partial charge in [-0.05, 0) is 44.2 Å². The Morgan fingerprint density at radius 2 is 1.70 bits per heavy atom. The fourth-order valence-electron chi connectivity index (χ4n) is 4.57. The zero-order chi connectivity index (χ0) is 16.0. The highest BCUT2D eigenvalue weighted by Crippen LogP contribution is 2.41. The van der Waals surface area contributed by atoms with Gasteiger partial charge in [-0.25, -0.2) is 0 Å². The summed E-state index contributed by atoms with van der Waals surface area (Å²) < 4.78 is 11.3. The van der Waals surface area contributed by atoms with Gasteiger partial charge in [0, 0.05) is 19.0 Å². The van der Waals surface area contributed by atoms with Gasteiger partial charge in [-0.15, -0.1) is 0 Å². The van der Waals surface area contributed by atoms with Crippen molar-refractivity contribution in [1.29, 1.82) is 0 Å². The standard InChI is InChI=1S/C17H26N2O4/c1-9-6-18-8-13(9)16(20)22-11-2-3-12(5-11)23-17(21)15-10-4-14(15)19-7-10/h9-15,18-19H,2-8H2,1H3/t9-,10-,11?,12?,13-,14-,15+/m1/s1. The van der Waals surface area contributed by atoms with Crippen molar-refractivity contribution in [2.45, 2.75) is 50.9 Å².